The molecule has 1 N–H and O–H groups in total. The molecule has 1 saturated heterocycles. The van der Waals surface area contributed by atoms with E-state index >= 15 is 0 Å². The normalized spacial score (nSPS) is 18.5. The number of carbonyl (C=O) groups is 2. The predicted molar refractivity (Wildman–Crippen MR) is 70.5 cm³/mol. The second kappa shape index (κ2) is 6.33. The molecule has 2 rings (SSSR count). The number of likely N-dealkylation sites (tertiary alicyclic amines) is 1. The second-order valence-corrected chi connectivity index (χ2v) is 4.91. The van der Waals surface area contributed by atoms with E-state index in [2.05, 4.69) is 4.98 Å². The number of nitrogens with zero attached hydrogens (tertiary/aromatic N) is 4. The van der Waals surface area contributed by atoms with Crippen LogP contribution in [0.5, 0.6) is 0 Å². The first-order chi connectivity index (χ1) is 9.99. The highest BCUT2D eigenvalue weighted by Crippen LogP contribution is 2.18. The van der Waals surface area contributed by atoms with Gasteiger partial charge in [-0.3, -0.25) is 4.79 Å². The summed E-state index contributed by atoms with van der Waals surface area (Å²) in [5.74, 6) is -1.51. The summed E-state index contributed by atoms with van der Waals surface area (Å²) < 4.78 is 1.45. The van der Waals surface area contributed by atoms with Crippen molar-refractivity contribution < 1.29 is 19.6 Å². The van der Waals surface area contributed by atoms with Crippen molar-refractivity contribution in [2.24, 2.45) is 0 Å². The third-order valence-corrected chi connectivity index (χ3v) is 3.50. The lowest BCUT2D eigenvalue weighted by Crippen LogP contribution is -2.48. The molecular weight excluding hydrogens is 280 g/mol. The maximum Gasteiger partial charge on any atom is 0.381 e. The van der Waals surface area contributed by atoms with Crippen molar-refractivity contribution in [3.8, 4) is 0 Å². The highest BCUT2D eigenvalue weighted by atomic mass is 16.6. The van der Waals surface area contributed by atoms with E-state index in [1.165, 1.54) is 22.0 Å². The molecule has 1 atom stereocenters. The second-order valence-electron chi connectivity index (χ2n) is 4.91. The Kier molecular flexibility index (Phi) is 4.51. The van der Waals surface area contributed by atoms with E-state index in [0.29, 0.717) is 13.0 Å². The zero-order valence-electron chi connectivity index (χ0n) is 11.3. The molecule has 0 aliphatic carbocycles. The number of carboxylic acid groups (broad SMARTS) is 1. The standard InChI is InChI=1S/C12H16N4O5/c17-11(15-5-2-1-3-9(15)12(18)19)4-6-14-7-10(13-8-14)16(20)21/h7-9H,1-6H2,(H,18,19)/t9-/m0/s1. The van der Waals surface area contributed by atoms with Gasteiger partial charge in [0.2, 0.25) is 12.2 Å². The largest absolute Gasteiger partial charge is 0.480 e. The molecule has 2 heterocycles. The number of hydrogen-bond donors (Lipinski definition) is 1. The van der Waals surface area contributed by atoms with Gasteiger partial charge in [0.25, 0.3) is 0 Å². The lowest BCUT2D eigenvalue weighted by molar-refractivity contribution is -0.389. The van der Waals surface area contributed by atoms with Crippen LogP contribution in [-0.2, 0) is 16.1 Å². The molecule has 9 nitrogen and oxygen atoms in total. The summed E-state index contributed by atoms with van der Waals surface area (Å²) in [6.07, 6.45) is 4.70. The fourth-order valence-corrected chi connectivity index (χ4v) is 2.42. The van der Waals surface area contributed by atoms with E-state index in [0.717, 1.165) is 12.8 Å². The van der Waals surface area contributed by atoms with Crippen LogP contribution in [0, 0.1) is 10.1 Å². The van der Waals surface area contributed by atoms with Gasteiger partial charge in [0.15, 0.2) is 0 Å². The van der Waals surface area contributed by atoms with E-state index < -0.39 is 16.9 Å². The SMILES string of the molecule is O=C(O)[C@@H]1CCCCN1C(=O)CCn1cnc([N+](=O)[O-])c1. The van der Waals surface area contributed by atoms with Crippen LogP contribution in [0.25, 0.3) is 0 Å². The number of piperidine rings is 1. The first-order valence-electron chi connectivity index (χ1n) is 6.67. The highest BCUT2D eigenvalue weighted by Gasteiger charge is 2.31. The van der Waals surface area contributed by atoms with Gasteiger partial charge in [-0.05, 0) is 29.2 Å². The fourth-order valence-electron chi connectivity index (χ4n) is 2.42. The van der Waals surface area contributed by atoms with Gasteiger partial charge in [-0.25, -0.2) is 4.79 Å². The summed E-state index contributed by atoms with van der Waals surface area (Å²) in [7, 11) is 0. The summed E-state index contributed by atoms with van der Waals surface area (Å²) in [6.45, 7) is 0.683. The first kappa shape index (κ1) is 14.9. The van der Waals surface area contributed by atoms with Crippen molar-refractivity contribution in [2.75, 3.05) is 6.54 Å². The van der Waals surface area contributed by atoms with Crippen LogP contribution in [0.2, 0.25) is 0 Å². The van der Waals surface area contributed by atoms with Crippen LogP contribution in [0.4, 0.5) is 5.82 Å². The van der Waals surface area contributed by atoms with Crippen molar-refractivity contribution in [3.63, 3.8) is 0 Å². The molecule has 9 heteroatoms. The molecule has 1 aliphatic rings. The summed E-state index contributed by atoms with van der Waals surface area (Å²) in [5, 5.41) is 19.6. The third kappa shape index (κ3) is 3.56. The van der Waals surface area contributed by atoms with Crippen molar-refractivity contribution in [1.29, 1.82) is 0 Å². The van der Waals surface area contributed by atoms with E-state index in [9.17, 15) is 19.7 Å². The van der Waals surface area contributed by atoms with Crippen LogP contribution in [0.15, 0.2) is 12.5 Å². The van der Waals surface area contributed by atoms with Gasteiger partial charge in [0, 0.05) is 19.5 Å². The maximum atomic E-state index is 12.1. The lowest BCUT2D eigenvalue weighted by Gasteiger charge is -2.33. The topological polar surface area (TPSA) is 119 Å². The number of carboxylic acids is 1. The molecule has 1 aromatic heterocycles. The van der Waals surface area contributed by atoms with Crippen LogP contribution in [-0.4, -0.2) is 48.9 Å². The van der Waals surface area contributed by atoms with Crippen molar-refractivity contribution in [1.82, 2.24) is 14.5 Å². The quantitative estimate of drug-likeness (QED) is 0.629. The Balaban J connectivity index is 1.93. The molecule has 1 amide bonds. The van der Waals surface area contributed by atoms with Gasteiger partial charge < -0.3 is 24.7 Å². The number of amides is 1. The average Bonchev–Trinajstić information content (AvgIpc) is 2.94. The van der Waals surface area contributed by atoms with E-state index in [-0.39, 0.29) is 24.7 Å². The molecular formula is C12H16N4O5. The smallest absolute Gasteiger partial charge is 0.381 e. The monoisotopic (exact) mass is 296 g/mol. The minimum absolute atomic E-state index is 0.0945. The Hall–Kier alpha value is -2.45. The van der Waals surface area contributed by atoms with E-state index in [1.54, 1.807) is 0 Å². The Labute approximate surface area is 120 Å². The fraction of sp³-hybridized carbons (Fsp3) is 0.583. The van der Waals surface area contributed by atoms with Crippen LogP contribution in [0.3, 0.4) is 0 Å². The van der Waals surface area contributed by atoms with Gasteiger partial charge >= 0.3 is 11.8 Å². The number of aromatic nitrogens is 2. The van der Waals surface area contributed by atoms with Crippen molar-refractivity contribution >= 4 is 17.7 Å². The molecule has 0 aromatic carbocycles. The molecule has 0 spiro atoms. The number of nitro groups is 1. The zero-order valence-corrected chi connectivity index (χ0v) is 11.3. The van der Waals surface area contributed by atoms with Gasteiger partial charge in [-0.1, -0.05) is 0 Å². The van der Waals surface area contributed by atoms with Crippen LogP contribution < -0.4 is 0 Å². The zero-order chi connectivity index (χ0) is 15.4. The van der Waals surface area contributed by atoms with Gasteiger partial charge in [-0.15, -0.1) is 0 Å². The van der Waals surface area contributed by atoms with Crippen molar-refractivity contribution in [3.05, 3.63) is 22.6 Å². The number of hydrogen-bond acceptors (Lipinski definition) is 5. The number of aliphatic carboxylic acids is 1. The summed E-state index contributed by atoms with van der Waals surface area (Å²) in [4.78, 5) is 38.1. The molecule has 0 radical (unpaired) electrons. The summed E-state index contributed by atoms with van der Waals surface area (Å²) in [5.41, 5.74) is 0. The van der Waals surface area contributed by atoms with E-state index in [4.69, 9.17) is 5.11 Å². The third-order valence-electron chi connectivity index (χ3n) is 3.50. The molecule has 0 saturated carbocycles. The molecule has 0 unspecified atom stereocenters. The Morgan fingerprint density at radius 1 is 1.48 bits per heavy atom. The number of aryl methyl sites for hydroxylation is 1. The molecule has 0 bridgehead atoms. The van der Waals surface area contributed by atoms with Gasteiger partial charge in [-0.2, -0.15) is 0 Å². The molecule has 114 valence electrons. The van der Waals surface area contributed by atoms with E-state index in [1.807, 2.05) is 0 Å². The van der Waals surface area contributed by atoms with Crippen LogP contribution in [0.1, 0.15) is 25.7 Å². The molecule has 21 heavy (non-hydrogen) atoms. The Morgan fingerprint density at radius 3 is 2.86 bits per heavy atom. The summed E-state index contributed by atoms with van der Waals surface area (Å²) in [6, 6.07) is -0.761. The first-order valence-corrected chi connectivity index (χ1v) is 6.67. The van der Waals surface area contributed by atoms with Gasteiger partial charge in [0.1, 0.15) is 12.2 Å². The number of imidazole rings is 1. The molecule has 1 aromatic rings. The number of carbonyl (C=O) groups excluding carboxylic acids is 1. The lowest BCUT2D eigenvalue weighted by atomic mass is 10.0. The van der Waals surface area contributed by atoms with Crippen molar-refractivity contribution in [2.45, 2.75) is 38.3 Å². The Morgan fingerprint density at radius 2 is 2.24 bits per heavy atom. The summed E-state index contributed by atoms with van der Waals surface area (Å²) >= 11 is 0. The minimum Gasteiger partial charge on any atom is -0.480 e. The maximum absolute atomic E-state index is 12.1. The molecule has 1 fully saturated rings. The predicted octanol–water partition coefficient (Wildman–Crippen LogP) is 0.647. The molecule has 1 aliphatic heterocycles. The minimum atomic E-state index is -0.985. The van der Waals surface area contributed by atoms with Crippen LogP contribution >= 0.6 is 0 Å². The van der Waals surface area contributed by atoms with Gasteiger partial charge in [0.05, 0.1) is 0 Å². The average molecular weight is 296 g/mol. The number of rotatable bonds is 5. The Bertz CT molecular complexity index is 556. The highest BCUT2D eigenvalue weighted by molar-refractivity contribution is 5.83.